The average molecular weight is 868 g/mol. The van der Waals surface area contributed by atoms with Crippen LogP contribution >= 0.6 is 11.3 Å². The number of unbranched alkanes of at least 4 members (excludes halogenated alkanes) is 5. The maximum absolute atomic E-state index is 14.0. The summed E-state index contributed by atoms with van der Waals surface area (Å²) >= 11 is 1.58. The Morgan fingerprint density at radius 1 is 0.919 bits per heavy atom. The van der Waals surface area contributed by atoms with Crippen molar-refractivity contribution in [3.63, 3.8) is 0 Å². The maximum Gasteiger partial charge on any atom is 0.246 e. The number of piperazine rings is 1. The molecule has 0 bridgehead atoms. The molecule has 4 amide bonds. The van der Waals surface area contributed by atoms with Crippen LogP contribution in [0.2, 0.25) is 0 Å². The Morgan fingerprint density at radius 3 is 2.26 bits per heavy atom. The van der Waals surface area contributed by atoms with Gasteiger partial charge >= 0.3 is 0 Å². The van der Waals surface area contributed by atoms with Crippen molar-refractivity contribution >= 4 is 46.5 Å². The largest absolute Gasteiger partial charge is 0.507 e. The molecule has 2 fully saturated rings. The molecule has 0 radical (unpaired) electrons. The lowest BCUT2D eigenvalue weighted by atomic mass is 9.85. The number of nitrogens with two attached hydrogens (primary N) is 1. The molecule has 0 unspecified atom stereocenters. The molecule has 2 aromatic heterocycles. The van der Waals surface area contributed by atoms with Crippen LogP contribution in [0.15, 0.2) is 60.1 Å². The van der Waals surface area contributed by atoms with Gasteiger partial charge in [-0.25, -0.2) is 4.98 Å². The highest BCUT2D eigenvalue weighted by Gasteiger charge is 2.44. The number of β-amino-alcohol motifs (C(OH)–C–C–N with tert-alkyl or cyclic N) is 1. The molecule has 4 heterocycles. The third-order valence-corrected chi connectivity index (χ3v) is 12.7. The minimum absolute atomic E-state index is 0.0217. The average Bonchev–Trinajstić information content (AvgIpc) is 3.87. The summed E-state index contributed by atoms with van der Waals surface area (Å²) in [6, 6.07) is 15.0. The number of phenolic OH excluding ortho intramolecular Hbond substituents is 1. The Labute approximate surface area is 368 Å². The van der Waals surface area contributed by atoms with Gasteiger partial charge in [0, 0.05) is 64.1 Å². The number of aromatic hydroxyl groups is 1. The molecule has 0 aliphatic carbocycles. The molecule has 2 aliphatic heterocycles. The standard InChI is InChI=1S/C46H61N9O6S/c1-30-41(62-29-49-30)32-19-17-31(18-20-32)27-48-44(60)37-25-33(56)28-55(37)45(61)42(46(2,3)4)50-39(58)15-9-7-5-6-8-10-16-40(59)54-23-21-53(22-24-54)36-26-35(51-52-43(36)47)34-13-11-12-14-38(34)57/h11-14,17-20,26,29,33,37,42,56-57H,5-10,15-16,21-25,27-28H2,1-4H3,(H2,47,52)(H,48,60)(H,50,58)/t33-,37+,42-/m1/s1. The number of phenols is 1. The topological polar surface area (TPSA) is 207 Å². The minimum atomic E-state index is -0.868. The summed E-state index contributed by atoms with van der Waals surface area (Å²) < 4.78 is 0. The van der Waals surface area contributed by atoms with Crippen LogP contribution in [0.5, 0.6) is 5.75 Å². The lowest BCUT2D eigenvalue weighted by Crippen LogP contribution is -2.57. The monoisotopic (exact) mass is 867 g/mol. The van der Waals surface area contributed by atoms with Gasteiger partial charge in [0.2, 0.25) is 23.6 Å². The number of nitrogen functional groups attached to an aromatic ring is 1. The number of para-hydroxylation sites is 1. The number of anilines is 2. The Balaban J connectivity index is 0.872. The van der Waals surface area contributed by atoms with E-state index in [1.54, 1.807) is 29.5 Å². The summed E-state index contributed by atoms with van der Waals surface area (Å²) in [5.41, 5.74) is 12.2. The van der Waals surface area contributed by atoms with Gasteiger partial charge in [0.1, 0.15) is 17.8 Å². The number of aromatic nitrogens is 3. The third-order valence-electron chi connectivity index (χ3n) is 11.7. The highest BCUT2D eigenvalue weighted by atomic mass is 32.1. The first-order chi connectivity index (χ1) is 29.7. The van der Waals surface area contributed by atoms with Crippen molar-refractivity contribution in [3.8, 4) is 27.4 Å². The first-order valence-corrected chi connectivity index (χ1v) is 22.6. The van der Waals surface area contributed by atoms with Crippen molar-refractivity contribution in [1.29, 1.82) is 0 Å². The maximum atomic E-state index is 14.0. The van der Waals surface area contributed by atoms with E-state index in [0.717, 1.165) is 59.5 Å². The summed E-state index contributed by atoms with van der Waals surface area (Å²) in [4.78, 5) is 64.4. The number of hydrogen-bond donors (Lipinski definition) is 5. The van der Waals surface area contributed by atoms with Crippen LogP contribution in [0.1, 0.15) is 89.8 Å². The number of amides is 4. The number of aliphatic hydroxyl groups is 1. The van der Waals surface area contributed by atoms with Gasteiger partial charge in [-0.3, -0.25) is 19.2 Å². The molecule has 0 spiro atoms. The highest BCUT2D eigenvalue weighted by molar-refractivity contribution is 7.13. The fraction of sp³-hybridized carbons (Fsp3) is 0.500. The van der Waals surface area contributed by atoms with Gasteiger partial charge in [-0.15, -0.1) is 21.5 Å². The number of aliphatic hydroxyl groups excluding tert-OH is 1. The van der Waals surface area contributed by atoms with Crippen LogP contribution in [-0.4, -0.2) is 110 Å². The fourth-order valence-electron chi connectivity index (χ4n) is 8.10. The minimum Gasteiger partial charge on any atom is -0.507 e. The number of rotatable bonds is 17. The Morgan fingerprint density at radius 2 is 1.60 bits per heavy atom. The molecule has 2 aromatic carbocycles. The fourth-order valence-corrected chi connectivity index (χ4v) is 8.92. The molecule has 62 heavy (non-hydrogen) atoms. The Hall–Kier alpha value is -5.61. The molecule has 6 N–H and O–H groups in total. The number of hydrogen-bond acceptors (Lipinski definition) is 12. The van der Waals surface area contributed by atoms with Crippen molar-refractivity contribution in [1.82, 2.24) is 35.6 Å². The number of aryl methyl sites for hydroxylation is 1. The first kappa shape index (κ1) is 45.9. The van der Waals surface area contributed by atoms with E-state index in [2.05, 4.69) is 30.7 Å². The third kappa shape index (κ3) is 11.8. The van der Waals surface area contributed by atoms with Gasteiger partial charge in [-0.05, 0) is 54.5 Å². The number of thiazole rings is 1. The van der Waals surface area contributed by atoms with Gasteiger partial charge < -0.3 is 41.3 Å². The van der Waals surface area contributed by atoms with E-state index in [9.17, 15) is 29.4 Å². The molecular formula is C46H61N9O6S. The zero-order valence-electron chi connectivity index (χ0n) is 36.3. The molecule has 2 saturated heterocycles. The highest BCUT2D eigenvalue weighted by Crippen LogP contribution is 2.32. The first-order valence-electron chi connectivity index (χ1n) is 21.7. The molecule has 16 heteroatoms. The van der Waals surface area contributed by atoms with E-state index < -0.39 is 23.6 Å². The van der Waals surface area contributed by atoms with E-state index in [1.165, 1.54) is 4.90 Å². The van der Waals surface area contributed by atoms with E-state index in [0.29, 0.717) is 56.1 Å². The quantitative estimate of drug-likeness (QED) is 0.0845. The van der Waals surface area contributed by atoms with Crippen LogP contribution < -0.4 is 21.3 Å². The van der Waals surface area contributed by atoms with Crippen molar-refractivity contribution < 1.29 is 29.4 Å². The number of carbonyl (C=O) groups excluding carboxylic acids is 4. The molecule has 4 aromatic rings. The number of nitrogens with one attached hydrogen (secondary N) is 2. The molecule has 15 nitrogen and oxygen atoms in total. The Bertz CT molecular complexity index is 2170. The summed E-state index contributed by atoms with van der Waals surface area (Å²) in [7, 11) is 0. The Kier molecular flexibility index (Phi) is 15.5. The van der Waals surface area contributed by atoms with Crippen LogP contribution in [0.4, 0.5) is 11.5 Å². The summed E-state index contributed by atoms with van der Waals surface area (Å²) in [6.07, 6.45) is 5.17. The predicted octanol–water partition coefficient (Wildman–Crippen LogP) is 5.44. The van der Waals surface area contributed by atoms with Gasteiger partial charge in [-0.1, -0.05) is 82.9 Å². The zero-order chi connectivity index (χ0) is 44.4. The van der Waals surface area contributed by atoms with E-state index in [-0.39, 0.29) is 55.3 Å². The van der Waals surface area contributed by atoms with Crippen molar-refractivity contribution in [2.75, 3.05) is 43.4 Å². The second kappa shape index (κ2) is 21.0. The SMILES string of the molecule is Cc1ncsc1-c1ccc(CNC(=O)[C@@H]2C[C@@H](O)CN2C(=O)[C@@H](NC(=O)CCCCCCCCC(=O)N2CCN(c3cc(-c4ccccc4O)nnc3N)CC2)C(C)(C)C)cc1. The summed E-state index contributed by atoms with van der Waals surface area (Å²) in [6.45, 7) is 10.3. The summed E-state index contributed by atoms with van der Waals surface area (Å²) in [5.74, 6) is -0.377. The number of likely N-dealkylation sites (tertiary alicyclic amines) is 1. The van der Waals surface area contributed by atoms with Gasteiger partial charge in [0.15, 0.2) is 5.82 Å². The number of carbonyl (C=O) groups is 4. The summed E-state index contributed by atoms with van der Waals surface area (Å²) in [5, 5.41) is 35.0. The predicted molar refractivity (Wildman–Crippen MR) is 241 cm³/mol. The van der Waals surface area contributed by atoms with E-state index in [4.69, 9.17) is 5.73 Å². The normalized spacial score (nSPS) is 17.2. The lowest BCUT2D eigenvalue weighted by molar-refractivity contribution is -0.144. The molecule has 0 saturated carbocycles. The van der Waals surface area contributed by atoms with Crippen LogP contribution in [0, 0.1) is 12.3 Å². The van der Waals surface area contributed by atoms with Crippen molar-refractivity contribution in [2.24, 2.45) is 5.41 Å². The van der Waals surface area contributed by atoms with Crippen LogP contribution in [0.3, 0.4) is 0 Å². The molecule has 2 aliphatic rings. The van der Waals surface area contributed by atoms with Gasteiger partial charge in [-0.2, -0.15) is 0 Å². The zero-order valence-corrected chi connectivity index (χ0v) is 37.1. The molecule has 3 atom stereocenters. The van der Waals surface area contributed by atoms with Crippen LogP contribution in [0.25, 0.3) is 21.7 Å². The second-order valence-corrected chi connectivity index (χ2v) is 18.3. The molecule has 6 rings (SSSR count). The number of nitrogens with zero attached hydrogens (tertiary/aromatic N) is 6. The molecular weight excluding hydrogens is 807 g/mol. The van der Waals surface area contributed by atoms with E-state index >= 15 is 0 Å². The van der Waals surface area contributed by atoms with Crippen LogP contribution in [-0.2, 0) is 25.7 Å². The molecule has 332 valence electrons. The van der Waals surface area contributed by atoms with Crippen molar-refractivity contribution in [3.05, 3.63) is 71.4 Å². The number of benzene rings is 2. The van der Waals surface area contributed by atoms with E-state index in [1.807, 2.05) is 74.5 Å². The second-order valence-electron chi connectivity index (χ2n) is 17.5. The van der Waals surface area contributed by atoms with Gasteiger partial charge in [0.25, 0.3) is 0 Å². The van der Waals surface area contributed by atoms with Gasteiger partial charge in [0.05, 0.1) is 33.6 Å². The lowest BCUT2D eigenvalue weighted by Gasteiger charge is -2.36. The smallest absolute Gasteiger partial charge is 0.246 e. The van der Waals surface area contributed by atoms with Crippen molar-refractivity contribution in [2.45, 2.75) is 110 Å².